The fourth-order valence-electron chi connectivity index (χ4n) is 3.90. The van der Waals surface area contributed by atoms with Crippen molar-refractivity contribution in [1.29, 1.82) is 0 Å². The summed E-state index contributed by atoms with van der Waals surface area (Å²) in [6.07, 6.45) is 10.2. The maximum absolute atomic E-state index is 11.2. The lowest BCUT2D eigenvalue weighted by atomic mass is 9.87. The van der Waals surface area contributed by atoms with Gasteiger partial charge in [0.15, 0.2) is 0 Å². The molecule has 0 unspecified atom stereocenters. The third-order valence-electron chi connectivity index (χ3n) is 6.26. The van der Waals surface area contributed by atoms with Crippen LogP contribution in [0.25, 0.3) is 0 Å². The molecule has 1 aliphatic rings. The van der Waals surface area contributed by atoms with Gasteiger partial charge in [-0.25, -0.2) is 0 Å². The van der Waals surface area contributed by atoms with E-state index in [0.717, 1.165) is 68.9 Å². The van der Waals surface area contributed by atoms with E-state index < -0.39 is 11.4 Å². The highest BCUT2D eigenvalue weighted by molar-refractivity contribution is 5.73. The fourth-order valence-corrected chi connectivity index (χ4v) is 3.90. The standard InChI is InChI=1S/C24H36O6/c1-23(2,22(28)29)11-7-3-5-9-18-15-20(26)16-19(21(18)27)10-6-4-8-12-24(13-14-24)30-17-25/h15-17,26-27H,3-14H2,1-2H3,(H,28,29). The molecule has 6 heteroatoms. The van der Waals surface area contributed by atoms with Gasteiger partial charge in [-0.15, -0.1) is 0 Å². The van der Waals surface area contributed by atoms with Crippen LogP contribution in [0.5, 0.6) is 11.5 Å². The van der Waals surface area contributed by atoms with Crippen LogP contribution in [0.15, 0.2) is 12.1 Å². The number of phenols is 2. The van der Waals surface area contributed by atoms with Crippen molar-refractivity contribution in [3.05, 3.63) is 23.3 Å². The maximum Gasteiger partial charge on any atom is 0.309 e. The van der Waals surface area contributed by atoms with Crippen molar-refractivity contribution in [3.8, 4) is 11.5 Å². The molecule has 0 radical (unpaired) electrons. The Morgan fingerprint density at radius 3 is 2.10 bits per heavy atom. The van der Waals surface area contributed by atoms with E-state index in [2.05, 4.69) is 0 Å². The molecule has 30 heavy (non-hydrogen) atoms. The summed E-state index contributed by atoms with van der Waals surface area (Å²) >= 11 is 0. The number of rotatable bonds is 15. The van der Waals surface area contributed by atoms with E-state index in [1.54, 1.807) is 26.0 Å². The van der Waals surface area contributed by atoms with Crippen molar-refractivity contribution in [1.82, 2.24) is 0 Å². The van der Waals surface area contributed by atoms with Gasteiger partial charge in [-0.3, -0.25) is 9.59 Å². The molecule has 0 heterocycles. The first-order chi connectivity index (χ1) is 14.2. The molecule has 1 aromatic carbocycles. The first kappa shape index (κ1) is 24.0. The van der Waals surface area contributed by atoms with Gasteiger partial charge >= 0.3 is 5.97 Å². The second-order valence-electron chi connectivity index (χ2n) is 9.32. The number of benzene rings is 1. The molecule has 0 spiro atoms. The number of aryl methyl sites for hydroxylation is 2. The van der Waals surface area contributed by atoms with Crippen molar-refractivity contribution in [2.45, 2.75) is 96.5 Å². The molecular weight excluding hydrogens is 384 g/mol. The Morgan fingerprint density at radius 1 is 1.03 bits per heavy atom. The van der Waals surface area contributed by atoms with Gasteiger partial charge in [0.05, 0.1) is 5.41 Å². The normalized spacial score (nSPS) is 15.0. The minimum Gasteiger partial charge on any atom is -0.508 e. The van der Waals surface area contributed by atoms with Crippen LogP contribution in [-0.2, 0) is 27.2 Å². The minimum absolute atomic E-state index is 0.168. The summed E-state index contributed by atoms with van der Waals surface area (Å²) in [7, 11) is 0. The molecule has 168 valence electrons. The van der Waals surface area contributed by atoms with Crippen LogP contribution < -0.4 is 0 Å². The van der Waals surface area contributed by atoms with Crippen molar-refractivity contribution in [3.63, 3.8) is 0 Å². The monoisotopic (exact) mass is 420 g/mol. The Labute approximate surface area is 179 Å². The summed E-state index contributed by atoms with van der Waals surface area (Å²) in [6, 6.07) is 3.25. The number of aromatic hydroxyl groups is 2. The molecule has 0 aliphatic heterocycles. The number of carbonyl (C=O) groups is 2. The highest BCUT2D eigenvalue weighted by Gasteiger charge is 2.44. The molecule has 1 fully saturated rings. The van der Waals surface area contributed by atoms with Gasteiger partial charge in [0.25, 0.3) is 6.47 Å². The molecule has 3 N–H and O–H groups in total. The fraction of sp³-hybridized carbons (Fsp3) is 0.667. The van der Waals surface area contributed by atoms with Gasteiger partial charge in [-0.1, -0.05) is 19.3 Å². The number of carboxylic acid groups (broad SMARTS) is 1. The van der Waals surface area contributed by atoms with Gasteiger partial charge in [0.2, 0.25) is 0 Å². The third-order valence-corrected chi connectivity index (χ3v) is 6.26. The topological polar surface area (TPSA) is 104 Å². The van der Waals surface area contributed by atoms with Crippen molar-refractivity contribution >= 4 is 12.4 Å². The lowest BCUT2D eigenvalue weighted by molar-refractivity contribution is -0.147. The van der Waals surface area contributed by atoms with Crippen LogP contribution in [0.3, 0.4) is 0 Å². The van der Waals surface area contributed by atoms with Crippen LogP contribution in [0, 0.1) is 5.41 Å². The molecular formula is C24H36O6. The predicted molar refractivity (Wildman–Crippen MR) is 115 cm³/mol. The maximum atomic E-state index is 11.2. The Bertz CT molecular complexity index is 721. The molecule has 0 saturated heterocycles. The van der Waals surface area contributed by atoms with Gasteiger partial charge in [-0.05, 0) is 94.9 Å². The summed E-state index contributed by atoms with van der Waals surface area (Å²) in [5.74, 6) is -0.343. The highest BCUT2D eigenvalue weighted by Crippen LogP contribution is 2.43. The first-order valence-electron chi connectivity index (χ1n) is 11.1. The molecule has 6 nitrogen and oxygen atoms in total. The van der Waals surface area contributed by atoms with E-state index in [4.69, 9.17) is 9.84 Å². The molecule has 0 aromatic heterocycles. The lowest BCUT2D eigenvalue weighted by Gasteiger charge is -2.18. The number of carbonyl (C=O) groups excluding carboxylic acids is 1. The number of carboxylic acids is 1. The van der Waals surface area contributed by atoms with Crippen LogP contribution in [0.4, 0.5) is 0 Å². The predicted octanol–water partition coefficient (Wildman–Crippen LogP) is 5.12. The first-order valence-corrected chi connectivity index (χ1v) is 11.1. The van der Waals surface area contributed by atoms with Crippen LogP contribution in [0.2, 0.25) is 0 Å². The number of unbranched alkanes of at least 4 members (excludes halogenated alkanes) is 4. The van der Waals surface area contributed by atoms with Gasteiger partial charge < -0.3 is 20.1 Å². The van der Waals surface area contributed by atoms with Gasteiger partial charge in [-0.2, -0.15) is 0 Å². The lowest BCUT2D eigenvalue weighted by Crippen LogP contribution is -2.23. The summed E-state index contributed by atoms with van der Waals surface area (Å²) < 4.78 is 5.16. The number of hydrogen-bond acceptors (Lipinski definition) is 5. The van der Waals surface area contributed by atoms with E-state index in [1.165, 1.54) is 0 Å². The Hall–Kier alpha value is -2.24. The van der Waals surface area contributed by atoms with Crippen LogP contribution in [-0.4, -0.2) is 33.4 Å². The average molecular weight is 421 g/mol. The largest absolute Gasteiger partial charge is 0.508 e. The second-order valence-corrected chi connectivity index (χ2v) is 9.32. The molecule has 0 atom stereocenters. The second kappa shape index (κ2) is 10.7. The minimum atomic E-state index is -0.777. The van der Waals surface area contributed by atoms with E-state index >= 15 is 0 Å². The van der Waals surface area contributed by atoms with Gasteiger partial charge in [0, 0.05) is 0 Å². The average Bonchev–Trinajstić information content (AvgIpc) is 3.44. The number of aliphatic carboxylic acids is 1. The Kier molecular flexibility index (Phi) is 8.56. The summed E-state index contributed by atoms with van der Waals surface area (Å²) in [6.45, 7) is 4.03. The summed E-state index contributed by atoms with van der Waals surface area (Å²) in [5, 5.41) is 29.8. The smallest absolute Gasteiger partial charge is 0.309 e. The van der Waals surface area contributed by atoms with Crippen LogP contribution >= 0.6 is 0 Å². The van der Waals surface area contributed by atoms with Gasteiger partial charge in [0.1, 0.15) is 17.1 Å². The molecule has 0 bridgehead atoms. The Morgan fingerprint density at radius 2 is 1.60 bits per heavy atom. The molecule has 1 saturated carbocycles. The highest BCUT2D eigenvalue weighted by atomic mass is 16.5. The summed E-state index contributed by atoms with van der Waals surface area (Å²) in [4.78, 5) is 21.7. The molecule has 1 aliphatic carbocycles. The number of ether oxygens (including phenoxy) is 1. The zero-order valence-corrected chi connectivity index (χ0v) is 18.3. The van der Waals surface area contributed by atoms with E-state index in [-0.39, 0.29) is 17.1 Å². The summed E-state index contributed by atoms with van der Waals surface area (Å²) in [5.41, 5.74) is 0.599. The quantitative estimate of drug-likeness (QED) is 0.207. The molecule has 0 amide bonds. The van der Waals surface area contributed by atoms with E-state index in [1.807, 2.05) is 0 Å². The zero-order valence-electron chi connectivity index (χ0n) is 18.3. The van der Waals surface area contributed by atoms with E-state index in [0.29, 0.717) is 25.7 Å². The third kappa shape index (κ3) is 7.22. The van der Waals surface area contributed by atoms with Crippen molar-refractivity contribution in [2.75, 3.05) is 0 Å². The zero-order chi connectivity index (χ0) is 22.2. The Balaban J connectivity index is 1.74. The number of phenolic OH excluding ortho intramolecular Hbond substituents is 2. The van der Waals surface area contributed by atoms with Crippen molar-refractivity contribution in [2.24, 2.45) is 5.41 Å². The van der Waals surface area contributed by atoms with Crippen LogP contribution in [0.1, 0.15) is 89.2 Å². The van der Waals surface area contributed by atoms with Crippen molar-refractivity contribution < 1.29 is 29.6 Å². The SMILES string of the molecule is CC(C)(CCCCCc1cc(O)cc(CCCCCC2(OC=O)CC2)c1O)C(=O)O. The molecule has 2 rings (SSSR count). The number of hydrogen-bond donors (Lipinski definition) is 3. The molecule has 1 aromatic rings. The van der Waals surface area contributed by atoms with E-state index in [9.17, 15) is 19.8 Å².